The van der Waals surface area contributed by atoms with Gasteiger partial charge >= 0.3 is 0 Å². The minimum Gasteiger partial charge on any atom is -0.396 e. The first-order valence-electron chi connectivity index (χ1n) is 8.77. The molecule has 2 heterocycles. The first kappa shape index (κ1) is 18.1. The fraction of sp³-hybridized carbons (Fsp3) is 0.300. The van der Waals surface area contributed by atoms with Crippen molar-refractivity contribution < 1.29 is 14.3 Å². The monoisotopic (exact) mass is 355 g/mol. The van der Waals surface area contributed by atoms with E-state index >= 15 is 0 Å². The van der Waals surface area contributed by atoms with E-state index in [1.54, 1.807) is 22.7 Å². The molecule has 4 rings (SSSR count). The molecule has 0 spiro atoms. The number of aldehydes is 1. The Hall–Kier alpha value is -2.73. The molecular formula is C20H22FN3O2. The van der Waals surface area contributed by atoms with Crippen LogP contribution in [0.25, 0.3) is 16.8 Å². The van der Waals surface area contributed by atoms with Gasteiger partial charge in [-0.25, -0.2) is 9.37 Å². The molecule has 1 saturated carbocycles. The number of anilines is 1. The first-order valence-corrected chi connectivity index (χ1v) is 8.77. The van der Waals surface area contributed by atoms with Gasteiger partial charge in [-0.1, -0.05) is 31.4 Å². The number of aliphatic hydroxyl groups excluding tert-OH is 1. The minimum atomic E-state index is -0.309. The maximum Gasteiger partial charge on any atom is 0.170 e. The zero-order valence-electron chi connectivity index (χ0n) is 14.5. The number of nitrogens with two attached hydrogens (primary N) is 1. The van der Waals surface area contributed by atoms with E-state index < -0.39 is 0 Å². The van der Waals surface area contributed by atoms with E-state index in [9.17, 15) is 9.18 Å². The number of pyridine rings is 1. The van der Waals surface area contributed by atoms with E-state index in [0.717, 1.165) is 11.1 Å². The zero-order valence-corrected chi connectivity index (χ0v) is 14.5. The molecule has 0 radical (unpaired) electrons. The molecule has 26 heavy (non-hydrogen) atoms. The molecule has 0 aliphatic heterocycles. The van der Waals surface area contributed by atoms with Crippen molar-refractivity contribution >= 4 is 17.8 Å². The third kappa shape index (κ3) is 3.91. The maximum atomic E-state index is 14.1. The maximum absolute atomic E-state index is 14.1. The Morgan fingerprint density at radius 2 is 2.00 bits per heavy atom. The number of nitrogen functional groups attached to an aromatic ring is 1. The van der Waals surface area contributed by atoms with Gasteiger partial charge in [-0.2, -0.15) is 0 Å². The number of carbonyl (C=O) groups is 1. The number of nitrogens with zero attached hydrogens (tertiary/aromatic N) is 2. The van der Waals surface area contributed by atoms with Gasteiger partial charge in [0.05, 0.1) is 0 Å². The average Bonchev–Trinajstić information content (AvgIpc) is 3.48. The Morgan fingerprint density at radius 1 is 1.23 bits per heavy atom. The van der Waals surface area contributed by atoms with Crippen molar-refractivity contribution in [2.45, 2.75) is 32.1 Å². The van der Waals surface area contributed by atoms with Crippen molar-refractivity contribution in [2.24, 2.45) is 0 Å². The number of benzene rings is 1. The Balaban J connectivity index is 0.000000592. The van der Waals surface area contributed by atoms with Crippen LogP contribution in [0.15, 0.2) is 36.5 Å². The molecule has 1 aromatic carbocycles. The van der Waals surface area contributed by atoms with Crippen LogP contribution in [0, 0.1) is 5.82 Å². The smallest absolute Gasteiger partial charge is 0.170 e. The summed E-state index contributed by atoms with van der Waals surface area (Å²) >= 11 is 0. The third-order valence-corrected chi connectivity index (χ3v) is 4.16. The number of halogens is 1. The fourth-order valence-corrected chi connectivity index (χ4v) is 2.70. The molecule has 1 aliphatic carbocycles. The molecule has 2 aromatic heterocycles. The number of imidazole rings is 1. The highest BCUT2D eigenvalue weighted by Crippen LogP contribution is 2.28. The molecule has 0 bridgehead atoms. The van der Waals surface area contributed by atoms with Crippen molar-refractivity contribution in [3.05, 3.63) is 53.6 Å². The Morgan fingerprint density at radius 3 is 2.65 bits per heavy atom. The van der Waals surface area contributed by atoms with Crippen LogP contribution >= 0.6 is 0 Å². The van der Waals surface area contributed by atoms with Gasteiger partial charge in [0.25, 0.3) is 0 Å². The summed E-state index contributed by atoms with van der Waals surface area (Å²) < 4.78 is 15.7. The summed E-state index contributed by atoms with van der Waals surface area (Å²) in [5.41, 5.74) is 8.58. The highest BCUT2D eigenvalue weighted by Gasteiger charge is 2.13. The lowest BCUT2D eigenvalue weighted by Gasteiger charge is -2.11. The number of hydrogen-bond donors (Lipinski definition) is 2. The minimum absolute atomic E-state index is 0.000152. The van der Waals surface area contributed by atoms with Gasteiger partial charge in [0.2, 0.25) is 0 Å². The second-order valence-electron chi connectivity index (χ2n) is 6.30. The van der Waals surface area contributed by atoms with E-state index in [4.69, 9.17) is 10.8 Å². The topological polar surface area (TPSA) is 80.6 Å². The third-order valence-electron chi connectivity index (χ3n) is 4.16. The van der Waals surface area contributed by atoms with Crippen molar-refractivity contribution in [3.8, 4) is 11.1 Å². The lowest BCUT2D eigenvalue weighted by molar-refractivity contribution is 0.111. The number of rotatable bonds is 5. The van der Waals surface area contributed by atoms with Gasteiger partial charge in [0, 0.05) is 12.8 Å². The highest BCUT2D eigenvalue weighted by atomic mass is 19.1. The second kappa shape index (κ2) is 8.10. The van der Waals surface area contributed by atoms with Gasteiger partial charge in [0.15, 0.2) is 12.1 Å². The van der Waals surface area contributed by atoms with Gasteiger partial charge in [-0.15, -0.1) is 0 Å². The Labute approximate surface area is 151 Å². The molecule has 3 aromatic rings. The molecular weight excluding hydrogens is 333 g/mol. The van der Waals surface area contributed by atoms with Gasteiger partial charge in [-0.05, 0) is 47.7 Å². The summed E-state index contributed by atoms with van der Waals surface area (Å²) in [6.45, 7) is 0.000152. The van der Waals surface area contributed by atoms with Gasteiger partial charge in [-0.3, -0.25) is 9.20 Å². The quantitative estimate of drug-likeness (QED) is 0.685. The number of aromatic nitrogens is 2. The summed E-state index contributed by atoms with van der Waals surface area (Å²) in [5, 5.41) is 9.00. The van der Waals surface area contributed by atoms with E-state index in [-0.39, 0.29) is 23.9 Å². The first-order chi connectivity index (χ1) is 12.7. The Bertz CT molecular complexity index is 916. The van der Waals surface area contributed by atoms with E-state index in [2.05, 4.69) is 4.98 Å². The number of carbonyl (C=O) groups excluding carboxylic acids is 1. The average molecular weight is 355 g/mol. The van der Waals surface area contributed by atoms with E-state index in [1.807, 2.05) is 12.1 Å². The SMILES string of the molecule is C1CC1.Nc1nc2ccc(-c3cccc(F)c3CCCO)cn2c1C=O. The van der Waals surface area contributed by atoms with Crippen LogP contribution in [0.4, 0.5) is 10.2 Å². The van der Waals surface area contributed by atoms with E-state index in [0.29, 0.717) is 30.3 Å². The van der Waals surface area contributed by atoms with Crippen LogP contribution < -0.4 is 5.73 Å². The molecule has 0 atom stereocenters. The van der Waals surface area contributed by atoms with Gasteiger partial charge < -0.3 is 10.8 Å². The standard InChI is InChI=1S/C17H16FN3O2.C3H6/c18-14-5-1-3-12(13(14)4-2-8-22)11-6-7-16-20-17(19)15(10-23)21(16)9-11;1-2-3-1/h1,3,5-7,9-10,22H,2,4,8,19H2;1-3H2. The largest absolute Gasteiger partial charge is 0.396 e. The second-order valence-corrected chi connectivity index (χ2v) is 6.30. The fourth-order valence-electron chi connectivity index (χ4n) is 2.70. The van der Waals surface area contributed by atoms with E-state index in [1.165, 1.54) is 25.3 Å². The molecule has 0 unspecified atom stereocenters. The summed E-state index contributed by atoms with van der Waals surface area (Å²) in [5.74, 6) is -0.145. The van der Waals surface area contributed by atoms with Crippen molar-refractivity contribution in [1.29, 1.82) is 0 Å². The van der Waals surface area contributed by atoms with Crippen molar-refractivity contribution in [2.75, 3.05) is 12.3 Å². The lowest BCUT2D eigenvalue weighted by Crippen LogP contribution is -1.99. The summed E-state index contributed by atoms with van der Waals surface area (Å²) in [6.07, 6.45) is 7.79. The predicted molar refractivity (Wildman–Crippen MR) is 99.6 cm³/mol. The molecule has 3 N–H and O–H groups in total. The molecule has 5 nitrogen and oxygen atoms in total. The zero-order chi connectivity index (χ0) is 18.5. The highest BCUT2D eigenvalue weighted by molar-refractivity contribution is 5.82. The molecule has 136 valence electrons. The number of aliphatic hydroxyl groups is 1. The van der Waals surface area contributed by atoms with Crippen molar-refractivity contribution in [1.82, 2.24) is 9.38 Å². The summed E-state index contributed by atoms with van der Waals surface area (Å²) in [4.78, 5) is 15.3. The van der Waals surface area contributed by atoms with Crippen molar-refractivity contribution in [3.63, 3.8) is 0 Å². The van der Waals surface area contributed by atoms with Crippen LogP contribution in [-0.4, -0.2) is 27.4 Å². The molecule has 1 aliphatic rings. The Kier molecular flexibility index (Phi) is 5.63. The summed E-state index contributed by atoms with van der Waals surface area (Å²) in [6, 6.07) is 8.41. The number of hydrogen-bond acceptors (Lipinski definition) is 4. The van der Waals surface area contributed by atoms with Crippen LogP contribution in [0.5, 0.6) is 0 Å². The molecule has 1 fully saturated rings. The molecule has 0 saturated heterocycles. The molecule has 6 heteroatoms. The number of fused-ring (bicyclic) bond motifs is 1. The lowest BCUT2D eigenvalue weighted by atomic mass is 9.97. The van der Waals surface area contributed by atoms with Crippen LogP contribution in [0.2, 0.25) is 0 Å². The predicted octanol–water partition coefficient (Wildman–Crippen LogP) is 3.63. The summed E-state index contributed by atoms with van der Waals surface area (Å²) in [7, 11) is 0. The van der Waals surface area contributed by atoms with Gasteiger partial charge in [0.1, 0.15) is 17.2 Å². The normalized spacial score (nSPS) is 12.5. The van der Waals surface area contributed by atoms with Crippen LogP contribution in [-0.2, 0) is 6.42 Å². The van der Waals surface area contributed by atoms with Crippen LogP contribution in [0.3, 0.4) is 0 Å². The molecule has 0 amide bonds. The van der Waals surface area contributed by atoms with Crippen LogP contribution in [0.1, 0.15) is 41.7 Å².